The second-order valence-electron chi connectivity index (χ2n) is 9.75. The van der Waals surface area contributed by atoms with E-state index in [2.05, 4.69) is 84.0 Å². The number of ketones is 1. The van der Waals surface area contributed by atoms with Gasteiger partial charge in [-0.15, -0.1) is 0 Å². The normalized spacial score (nSPS) is 25.2. The van der Waals surface area contributed by atoms with E-state index in [1.807, 2.05) is 0 Å². The molecule has 2 aliphatic rings. The Labute approximate surface area is 169 Å². The molecule has 4 rings (SSSR count). The van der Waals surface area contributed by atoms with Crippen LogP contribution in [0.2, 0.25) is 0 Å². The van der Waals surface area contributed by atoms with Gasteiger partial charge in [-0.25, -0.2) is 0 Å². The van der Waals surface area contributed by atoms with E-state index in [9.17, 15) is 4.79 Å². The topological polar surface area (TPSA) is 17.1 Å². The van der Waals surface area contributed by atoms with Crippen molar-refractivity contribution < 1.29 is 4.79 Å². The number of aryl methyl sites for hydroxylation is 2. The average Bonchev–Trinajstić information content (AvgIpc) is 3.04. The minimum absolute atomic E-state index is 0.0679. The quantitative estimate of drug-likeness (QED) is 0.589. The first kappa shape index (κ1) is 19.2. The Balaban J connectivity index is 2.16. The maximum absolute atomic E-state index is 12.7. The van der Waals surface area contributed by atoms with E-state index in [0.29, 0.717) is 11.7 Å². The van der Waals surface area contributed by atoms with Crippen molar-refractivity contribution in [2.75, 3.05) is 0 Å². The van der Waals surface area contributed by atoms with Crippen LogP contribution in [0, 0.1) is 31.1 Å². The van der Waals surface area contributed by atoms with Crippen molar-refractivity contribution in [3.05, 3.63) is 75.9 Å². The summed E-state index contributed by atoms with van der Waals surface area (Å²) in [6, 6.07) is 15.6. The Morgan fingerprint density at radius 2 is 1.64 bits per heavy atom. The van der Waals surface area contributed by atoms with Crippen molar-refractivity contribution in [1.82, 2.24) is 0 Å². The molecule has 1 fully saturated rings. The summed E-state index contributed by atoms with van der Waals surface area (Å²) >= 11 is 0. The van der Waals surface area contributed by atoms with Crippen LogP contribution in [0.25, 0.3) is 5.57 Å². The highest BCUT2D eigenvalue weighted by Gasteiger charge is 2.64. The third-order valence-electron chi connectivity index (χ3n) is 7.82. The van der Waals surface area contributed by atoms with Crippen LogP contribution in [0.1, 0.15) is 68.9 Å². The fourth-order valence-corrected chi connectivity index (χ4v) is 6.59. The number of benzene rings is 2. The molecule has 0 bridgehead atoms. The lowest BCUT2D eigenvalue weighted by Gasteiger charge is -2.47. The minimum atomic E-state index is -0.116. The Morgan fingerprint density at radius 3 is 2.21 bits per heavy atom. The smallest absolute Gasteiger partial charge is 0.133 e. The van der Waals surface area contributed by atoms with E-state index in [0.717, 1.165) is 6.42 Å². The number of carbonyl (C=O) groups is 1. The van der Waals surface area contributed by atoms with Gasteiger partial charge >= 0.3 is 0 Å². The van der Waals surface area contributed by atoms with Crippen LogP contribution in [0.15, 0.2) is 48.0 Å². The molecule has 0 aromatic heterocycles. The first-order valence-corrected chi connectivity index (χ1v) is 10.6. The van der Waals surface area contributed by atoms with Gasteiger partial charge < -0.3 is 0 Å². The summed E-state index contributed by atoms with van der Waals surface area (Å²) in [4.78, 5) is 12.7. The van der Waals surface area contributed by atoms with Gasteiger partial charge in [0.15, 0.2) is 0 Å². The van der Waals surface area contributed by atoms with Gasteiger partial charge in [0.2, 0.25) is 0 Å². The zero-order chi connectivity index (χ0) is 20.4. The summed E-state index contributed by atoms with van der Waals surface area (Å²) in [5.41, 5.74) is 9.44. The number of allylic oxidation sites excluding steroid dienone is 1. The SMILES string of the molecule is CC(=O)[C@H]1CC2=C(c3ccccc3)c3cc(C)c(C)cc3[C@@]2(C(C)C)C1(C)C. The van der Waals surface area contributed by atoms with Crippen molar-refractivity contribution in [3.8, 4) is 0 Å². The van der Waals surface area contributed by atoms with E-state index in [4.69, 9.17) is 0 Å². The summed E-state index contributed by atoms with van der Waals surface area (Å²) in [5.74, 6) is 0.812. The predicted octanol–water partition coefficient (Wildman–Crippen LogP) is 6.65. The molecule has 28 heavy (non-hydrogen) atoms. The zero-order valence-electron chi connectivity index (χ0n) is 18.3. The molecule has 2 aromatic rings. The van der Waals surface area contributed by atoms with Crippen LogP contribution in [0.3, 0.4) is 0 Å². The summed E-state index contributed by atoms with van der Waals surface area (Å²) < 4.78 is 0. The summed E-state index contributed by atoms with van der Waals surface area (Å²) in [7, 11) is 0. The van der Waals surface area contributed by atoms with Crippen molar-refractivity contribution in [1.29, 1.82) is 0 Å². The summed E-state index contributed by atoms with van der Waals surface area (Å²) in [6.45, 7) is 15.6. The summed E-state index contributed by atoms with van der Waals surface area (Å²) in [6.07, 6.45) is 0.873. The molecule has 2 aliphatic carbocycles. The lowest BCUT2D eigenvalue weighted by Crippen LogP contribution is -2.46. The molecule has 1 saturated carbocycles. The average molecular weight is 373 g/mol. The number of hydrogen-bond acceptors (Lipinski definition) is 1. The van der Waals surface area contributed by atoms with Crippen molar-refractivity contribution in [2.24, 2.45) is 17.3 Å². The van der Waals surface area contributed by atoms with Gasteiger partial charge in [-0.05, 0) is 77.5 Å². The molecule has 0 heterocycles. The number of Topliss-reactive ketones (excluding diaryl/α,β-unsaturated/α-hetero) is 1. The van der Waals surface area contributed by atoms with Crippen LogP contribution in [0.4, 0.5) is 0 Å². The summed E-state index contributed by atoms with van der Waals surface area (Å²) in [5, 5.41) is 0. The number of fused-ring (bicyclic) bond motifs is 3. The molecule has 0 unspecified atom stereocenters. The van der Waals surface area contributed by atoms with Crippen LogP contribution < -0.4 is 0 Å². The molecule has 0 amide bonds. The molecule has 2 aromatic carbocycles. The van der Waals surface area contributed by atoms with Crippen LogP contribution >= 0.6 is 0 Å². The fourth-order valence-electron chi connectivity index (χ4n) is 6.59. The standard InChI is InChI=1S/C27H32O/c1-16(2)27-23-14-18(4)17(3)13-21(23)25(20-11-9-8-10-12-20)24(27)15-22(19(5)28)26(27,6)7/h8-14,16,22H,15H2,1-7H3/t22-,27-/m1/s1. The largest absolute Gasteiger partial charge is 0.300 e. The molecular formula is C27H32O. The van der Waals surface area contributed by atoms with Crippen molar-refractivity contribution >= 4 is 11.4 Å². The Kier molecular flexibility index (Phi) is 4.23. The number of hydrogen-bond donors (Lipinski definition) is 0. The highest BCUT2D eigenvalue weighted by atomic mass is 16.1. The van der Waals surface area contributed by atoms with Gasteiger partial charge in [0, 0.05) is 11.3 Å². The molecule has 1 heteroatoms. The Hall–Kier alpha value is -2.15. The van der Waals surface area contributed by atoms with E-state index in [1.165, 1.54) is 39.0 Å². The lowest BCUT2D eigenvalue weighted by atomic mass is 9.55. The third kappa shape index (κ3) is 2.22. The molecule has 0 saturated heterocycles. The van der Waals surface area contributed by atoms with Gasteiger partial charge in [-0.3, -0.25) is 4.79 Å². The minimum Gasteiger partial charge on any atom is -0.300 e. The molecule has 2 atom stereocenters. The molecule has 0 radical (unpaired) electrons. The zero-order valence-corrected chi connectivity index (χ0v) is 18.3. The lowest BCUT2D eigenvalue weighted by molar-refractivity contribution is -0.124. The first-order valence-electron chi connectivity index (χ1n) is 10.6. The van der Waals surface area contributed by atoms with Gasteiger partial charge in [-0.2, -0.15) is 0 Å². The molecule has 0 N–H and O–H groups in total. The predicted molar refractivity (Wildman–Crippen MR) is 117 cm³/mol. The maximum atomic E-state index is 12.7. The van der Waals surface area contributed by atoms with Gasteiger partial charge in [0.05, 0.1) is 0 Å². The first-order chi connectivity index (χ1) is 13.1. The molecule has 0 spiro atoms. The Morgan fingerprint density at radius 1 is 1.04 bits per heavy atom. The molecular weight excluding hydrogens is 340 g/mol. The maximum Gasteiger partial charge on any atom is 0.133 e. The van der Waals surface area contributed by atoms with E-state index in [-0.39, 0.29) is 16.7 Å². The molecule has 146 valence electrons. The fraction of sp³-hybridized carbons (Fsp3) is 0.444. The molecule has 1 nitrogen and oxygen atoms in total. The van der Waals surface area contributed by atoms with Crippen molar-refractivity contribution in [3.63, 3.8) is 0 Å². The second kappa shape index (κ2) is 6.17. The van der Waals surface area contributed by atoms with Gasteiger partial charge in [0.25, 0.3) is 0 Å². The highest BCUT2D eigenvalue weighted by molar-refractivity contribution is 5.94. The monoisotopic (exact) mass is 372 g/mol. The Bertz CT molecular complexity index is 990. The van der Waals surface area contributed by atoms with Crippen molar-refractivity contribution in [2.45, 2.75) is 60.3 Å². The van der Waals surface area contributed by atoms with E-state index in [1.54, 1.807) is 6.92 Å². The van der Waals surface area contributed by atoms with Crippen LogP contribution in [-0.4, -0.2) is 5.78 Å². The second-order valence-corrected chi connectivity index (χ2v) is 9.75. The number of carbonyl (C=O) groups excluding carboxylic acids is 1. The van der Waals surface area contributed by atoms with E-state index < -0.39 is 0 Å². The van der Waals surface area contributed by atoms with E-state index >= 15 is 0 Å². The van der Waals surface area contributed by atoms with Gasteiger partial charge in [0.1, 0.15) is 5.78 Å². The highest BCUT2D eigenvalue weighted by Crippen LogP contribution is 2.69. The van der Waals surface area contributed by atoms with Crippen LogP contribution in [0.5, 0.6) is 0 Å². The van der Waals surface area contributed by atoms with Crippen LogP contribution in [-0.2, 0) is 10.2 Å². The third-order valence-corrected chi connectivity index (χ3v) is 7.82. The number of rotatable bonds is 3. The molecule has 0 aliphatic heterocycles. The van der Waals surface area contributed by atoms with Gasteiger partial charge in [-0.1, -0.05) is 70.2 Å².